The van der Waals surface area contributed by atoms with Gasteiger partial charge >= 0.3 is 0 Å². The van der Waals surface area contributed by atoms with Crippen molar-refractivity contribution in [3.63, 3.8) is 0 Å². The van der Waals surface area contributed by atoms with Gasteiger partial charge in [-0.15, -0.1) is 28.3 Å². The second kappa shape index (κ2) is 7.29. The van der Waals surface area contributed by atoms with Crippen molar-refractivity contribution >= 4 is 28.3 Å². The predicted octanol–water partition coefficient (Wildman–Crippen LogP) is 5.59. The van der Waals surface area contributed by atoms with E-state index in [9.17, 15) is 0 Å². The van der Waals surface area contributed by atoms with Gasteiger partial charge in [-0.25, -0.2) is 0 Å². The van der Waals surface area contributed by atoms with Crippen LogP contribution >= 0.6 is 28.3 Å². The summed E-state index contributed by atoms with van der Waals surface area (Å²) in [5.41, 5.74) is 3.63. The monoisotopic (exact) mass is 433 g/mol. The van der Waals surface area contributed by atoms with E-state index in [1.54, 1.807) is 18.2 Å². The molecule has 140 valence electrons. The molecule has 2 aliphatic carbocycles. The van der Waals surface area contributed by atoms with Crippen molar-refractivity contribution < 1.29 is 4.74 Å². The number of likely N-dealkylation sites (tertiary alicyclic amines) is 1. The molecule has 2 bridgehead atoms. The number of fused-ring (bicyclic) bond motifs is 1. The fourth-order valence-corrected chi connectivity index (χ4v) is 6.72. The first-order valence-electron chi connectivity index (χ1n) is 9.74. The molecule has 2 aromatic rings. The maximum Gasteiger partial charge on any atom is 0.119 e. The van der Waals surface area contributed by atoms with Crippen molar-refractivity contribution in [2.45, 2.75) is 56.5 Å². The Morgan fingerprint density at radius 3 is 2.96 bits per heavy atom. The third-order valence-electron chi connectivity index (χ3n) is 7.10. The lowest BCUT2D eigenvalue weighted by Gasteiger charge is -2.59. The first-order chi connectivity index (χ1) is 12.3. The Kier molecular flexibility index (Phi) is 5.19. The molecule has 0 N–H and O–H groups in total. The quantitative estimate of drug-likeness (QED) is 0.624. The summed E-state index contributed by atoms with van der Waals surface area (Å²) >= 11 is 1.91. The van der Waals surface area contributed by atoms with Crippen molar-refractivity contribution in [2.24, 2.45) is 5.92 Å². The highest BCUT2D eigenvalue weighted by molar-refractivity contribution is 8.93. The third-order valence-corrected chi connectivity index (χ3v) is 7.96. The minimum atomic E-state index is 0. The Morgan fingerprint density at radius 1 is 1.23 bits per heavy atom. The number of hydrogen-bond acceptors (Lipinski definition) is 3. The second-order valence-electron chi connectivity index (χ2n) is 8.10. The summed E-state index contributed by atoms with van der Waals surface area (Å²) in [6.07, 6.45) is 8.13. The van der Waals surface area contributed by atoms with E-state index < -0.39 is 0 Å². The standard InChI is InChI=1S/C22H27NOS.BrH/c1-24-17-8-7-16-13-21-19-6-2-3-9-22(19,20(16)14-17)10-11-23(21)15-18-5-4-12-25-18;/h4-5,7-8,12,14,19,21H,2-3,6,9-11,13,15H2,1H3;1H/t19-,21-,22-;/m0./s1. The number of ether oxygens (including phenoxy) is 1. The molecule has 1 aromatic heterocycles. The fraction of sp³-hybridized carbons (Fsp3) is 0.545. The van der Waals surface area contributed by atoms with Crippen molar-refractivity contribution in [3.05, 3.63) is 51.7 Å². The third kappa shape index (κ3) is 2.85. The molecule has 2 nitrogen and oxygen atoms in total. The Labute approximate surface area is 171 Å². The highest BCUT2D eigenvalue weighted by Crippen LogP contribution is 2.56. The Balaban J connectivity index is 0.00000168. The highest BCUT2D eigenvalue weighted by atomic mass is 79.9. The summed E-state index contributed by atoms with van der Waals surface area (Å²) in [6, 6.07) is 12.1. The molecule has 3 atom stereocenters. The summed E-state index contributed by atoms with van der Waals surface area (Å²) in [4.78, 5) is 4.32. The molecule has 0 radical (unpaired) electrons. The summed E-state index contributed by atoms with van der Waals surface area (Å²) < 4.78 is 5.58. The molecule has 4 heteroatoms. The zero-order valence-corrected chi connectivity index (χ0v) is 18.0. The van der Waals surface area contributed by atoms with Crippen molar-refractivity contribution in [3.8, 4) is 5.75 Å². The molecule has 3 aliphatic rings. The average Bonchev–Trinajstić information content (AvgIpc) is 3.17. The van der Waals surface area contributed by atoms with E-state index in [1.165, 1.54) is 49.9 Å². The van der Waals surface area contributed by atoms with Gasteiger partial charge in [-0.1, -0.05) is 25.0 Å². The maximum atomic E-state index is 5.58. The van der Waals surface area contributed by atoms with Crippen LogP contribution in [0.1, 0.15) is 48.1 Å². The van der Waals surface area contributed by atoms with E-state index in [0.717, 1.165) is 24.3 Å². The lowest BCUT2D eigenvalue weighted by molar-refractivity contribution is -0.0152. The fourth-order valence-electron chi connectivity index (χ4n) is 5.99. The van der Waals surface area contributed by atoms with E-state index in [4.69, 9.17) is 4.74 Å². The zero-order chi connectivity index (χ0) is 16.9. The van der Waals surface area contributed by atoms with Crippen LogP contribution in [0.3, 0.4) is 0 Å². The molecular formula is C22H28BrNOS. The van der Waals surface area contributed by atoms with Crippen LogP contribution in [0.5, 0.6) is 5.75 Å². The van der Waals surface area contributed by atoms with Crippen LogP contribution in [-0.4, -0.2) is 24.6 Å². The first-order valence-corrected chi connectivity index (χ1v) is 10.6. The van der Waals surface area contributed by atoms with E-state index in [-0.39, 0.29) is 17.0 Å². The van der Waals surface area contributed by atoms with Crippen LogP contribution in [0.2, 0.25) is 0 Å². The molecule has 1 saturated heterocycles. The summed E-state index contributed by atoms with van der Waals surface area (Å²) in [6.45, 7) is 2.39. The van der Waals surface area contributed by atoms with E-state index in [1.807, 2.05) is 11.3 Å². The maximum absolute atomic E-state index is 5.58. The largest absolute Gasteiger partial charge is 0.497 e. The van der Waals surface area contributed by atoms with E-state index in [0.29, 0.717) is 5.41 Å². The summed E-state index contributed by atoms with van der Waals surface area (Å²) in [5.74, 6) is 1.87. The van der Waals surface area contributed by atoms with Gasteiger partial charge in [0, 0.05) is 22.9 Å². The summed E-state index contributed by atoms with van der Waals surface area (Å²) in [7, 11) is 1.80. The van der Waals surface area contributed by atoms with Gasteiger partial charge in [0.2, 0.25) is 0 Å². The normalized spacial score (nSPS) is 30.0. The first kappa shape index (κ1) is 18.5. The smallest absolute Gasteiger partial charge is 0.119 e. The molecule has 1 aromatic carbocycles. The Hall–Kier alpha value is -0.840. The molecule has 2 heterocycles. The molecule has 0 unspecified atom stereocenters. The number of rotatable bonds is 3. The zero-order valence-electron chi connectivity index (χ0n) is 15.4. The van der Waals surface area contributed by atoms with Gasteiger partial charge in [0.1, 0.15) is 5.75 Å². The van der Waals surface area contributed by atoms with Crippen LogP contribution in [0.15, 0.2) is 35.7 Å². The van der Waals surface area contributed by atoms with Crippen LogP contribution < -0.4 is 4.74 Å². The lowest BCUT2D eigenvalue weighted by Crippen LogP contribution is -2.60. The minimum Gasteiger partial charge on any atom is -0.497 e. The predicted molar refractivity (Wildman–Crippen MR) is 114 cm³/mol. The number of thiophene rings is 1. The van der Waals surface area contributed by atoms with E-state index in [2.05, 4.69) is 40.6 Å². The van der Waals surface area contributed by atoms with Gasteiger partial charge in [-0.2, -0.15) is 0 Å². The Bertz CT molecular complexity index is 762. The molecule has 1 saturated carbocycles. The molecule has 0 amide bonds. The van der Waals surface area contributed by atoms with Gasteiger partial charge in [-0.3, -0.25) is 4.90 Å². The number of nitrogens with zero attached hydrogens (tertiary/aromatic N) is 1. The van der Waals surface area contributed by atoms with Crippen LogP contribution in [0, 0.1) is 5.92 Å². The Morgan fingerprint density at radius 2 is 2.15 bits per heavy atom. The number of hydrogen-bond donors (Lipinski definition) is 0. The van der Waals surface area contributed by atoms with Crippen molar-refractivity contribution in [2.75, 3.05) is 13.7 Å². The van der Waals surface area contributed by atoms with E-state index >= 15 is 0 Å². The van der Waals surface area contributed by atoms with Crippen LogP contribution in [-0.2, 0) is 18.4 Å². The van der Waals surface area contributed by atoms with Gasteiger partial charge in [-0.05, 0) is 72.9 Å². The molecule has 26 heavy (non-hydrogen) atoms. The van der Waals surface area contributed by atoms with Crippen LogP contribution in [0.4, 0.5) is 0 Å². The molecule has 5 rings (SSSR count). The lowest BCUT2D eigenvalue weighted by atomic mass is 9.52. The molecule has 1 aliphatic heterocycles. The van der Waals surface area contributed by atoms with Crippen molar-refractivity contribution in [1.82, 2.24) is 4.90 Å². The number of halogens is 1. The van der Waals surface area contributed by atoms with Gasteiger partial charge in [0.15, 0.2) is 0 Å². The average molecular weight is 434 g/mol. The second-order valence-corrected chi connectivity index (χ2v) is 9.14. The topological polar surface area (TPSA) is 12.5 Å². The SMILES string of the molecule is Br.COc1ccc2c(c1)[C@]13CCCC[C@H]1[C@H](C2)N(Cc1cccs1)CC3. The molecular weight excluding hydrogens is 406 g/mol. The summed E-state index contributed by atoms with van der Waals surface area (Å²) in [5, 5.41) is 2.21. The molecule has 0 spiro atoms. The molecule has 2 fully saturated rings. The number of methoxy groups -OCH3 is 1. The van der Waals surface area contributed by atoms with Gasteiger partial charge in [0.25, 0.3) is 0 Å². The minimum absolute atomic E-state index is 0. The number of piperidine rings is 1. The van der Waals surface area contributed by atoms with Crippen molar-refractivity contribution in [1.29, 1.82) is 0 Å². The van der Waals surface area contributed by atoms with Crippen LogP contribution in [0.25, 0.3) is 0 Å². The number of benzene rings is 1. The highest BCUT2D eigenvalue weighted by Gasteiger charge is 2.53. The van der Waals surface area contributed by atoms with Gasteiger partial charge in [0.05, 0.1) is 7.11 Å². The van der Waals surface area contributed by atoms with Gasteiger partial charge < -0.3 is 4.74 Å².